The number of nitrogens with two attached hydrogens (primary N) is 2. The number of aliphatic carboxylic acids is 2. The van der Waals surface area contributed by atoms with Crippen molar-refractivity contribution in [1.82, 2.24) is 16.0 Å². The van der Waals surface area contributed by atoms with Crippen LogP contribution in [-0.4, -0.2) is 81.7 Å². The van der Waals surface area contributed by atoms with E-state index in [-0.39, 0.29) is 25.2 Å². The van der Waals surface area contributed by atoms with Crippen molar-refractivity contribution in [3.63, 3.8) is 0 Å². The van der Waals surface area contributed by atoms with Crippen molar-refractivity contribution in [1.29, 1.82) is 0 Å². The van der Waals surface area contributed by atoms with Gasteiger partial charge in [0.15, 0.2) is 0 Å². The van der Waals surface area contributed by atoms with Crippen LogP contribution in [0.5, 0.6) is 0 Å². The molecule has 4 unspecified atom stereocenters. The quantitative estimate of drug-likeness (QED) is 0.120. The van der Waals surface area contributed by atoms with E-state index in [9.17, 15) is 28.8 Å². The summed E-state index contributed by atoms with van der Waals surface area (Å²) < 4.78 is 0. The molecule has 0 aliphatic carbocycles. The molecule has 182 valence electrons. The van der Waals surface area contributed by atoms with E-state index in [0.29, 0.717) is 0 Å². The molecular weight excluding hydrogens is 430 g/mol. The monoisotopic (exact) mass is 461 g/mol. The second-order valence-corrected chi connectivity index (χ2v) is 7.41. The van der Waals surface area contributed by atoms with E-state index in [0.717, 1.165) is 0 Å². The molecule has 0 saturated heterocycles. The van der Waals surface area contributed by atoms with Gasteiger partial charge in [0.2, 0.25) is 23.6 Å². The summed E-state index contributed by atoms with van der Waals surface area (Å²) in [5.41, 5.74) is 10.8. The summed E-state index contributed by atoms with van der Waals surface area (Å²) >= 11 is 0. The normalized spacial score (nSPS) is 14.5. The molecule has 4 amide bonds. The molecule has 0 fully saturated rings. The van der Waals surface area contributed by atoms with Crippen LogP contribution in [0.3, 0.4) is 0 Å². The molecule has 0 aromatic heterocycles. The summed E-state index contributed by atoms with van der Waals surface area (Å²) in [5.74, 6) is -6.53. The van der Waals surface area contributed by atoms with Gasteiger partial charge in [0.05, 0.1) is 12.6 Å². The molecule has 14 nitrogen and oxygen atoms in total. The summed E-state index contributed by atoms with van der Waals surface area (Å²) in [6, 6.07) is -5.47. The highest BCUT2D eigenvalue weighted by Crippen LogP contribution is 2.05. The van der Waals surface area contributed by atoms with Gasteiger partial charge in [0, 0.05) is 12.8 Å². The fourth-order valence-electron chi connectivity index (χ4n) is 2.39. The average Bonchev–Trinajstić information content (AvgIpc) is 2.70. The van der Waals surface area contributed by atoms with E-state index in [2.05, 4.69) is 10.6 Å². The van der Waals surface area contributed by atoms with Crippen LogP contribution in [0.25, 0.3) is 0 Å². The fourth-order valence-corrected chi connectivity index (χ4v) is 2.39. The van der Waals surface area contributed by atoms with Gasteiger partial charge in [-0.25, -0.2) is 4.79 Å². The minimum absolute atomic E-state index is 0.279. The van der Waals surface area contributed by atoms with Gasteiger partial charge in [0.25, 0.3) is 0 Å². The van der Waals surface area contributed by atoms with E-state index < -0.39 is 72.8 Å². The Morgan fingerprint density at radius 1 is 0.781 bits per heavy atom. The summed E-state index contributed by atoms with van der Waals surface area (Å²) in [5, 5.41) is 33.5. The maximum Gasteiger partial charge on any atom is 0.328 e. The SMILES string of the molecule is CC(C)C(N)C(=O)NC(CCC(=O)O)C(=O)NC(CCC(N)=O)C(=O)NC(CO)C(=O)O. The zero-order chi connectivity index (χ0) is 25.0. The first-order valence-corrected chi connectivity index (χ1v) is 9.80. The number of hydrogen-bond donors (Lipinski definition) is 8. The van der Waals surface area contributed by atoms with Gasteiger partial charge >= 0.3 is 11.9 Å². The number of carboxylic acid groups (broad SMARTS) is 2. The Balaban J connectivity index is 5.55. The molecule has 0 rings (SSSR count). The number of carboxylic acids is 2. The molecule has 0 aromatic rings. The van der Waals surface area contributed by atoms with Crippen LogP contribution in [0.4, 0.5) is 0 Å². The van der Waals surface area contributed by atoms with Crippen molar-refractivity contribution >= 4 is 35.6 Å². The summed E-state index contributed by atoms with van der Waals surface area (Å²) in [6.07, 6.45) is -1.47. The fraction of sp³-hybridized carbons (Fsp3) is 0.667. The molecule has 0 heterocycles. The lowest BCUT2D eigenvalue weighted by molar-refractivity contribution is -0.143. The molecule has 14 heteroatoms. The lowest BCUT2D eigenvalue weighted by Gasteiger charge is -2.25. The number of hydrogen-bond acceptors (Lipinski definition) is 8. The van der Waals surface area contributed by atoms with Gasteiger partial charge in [-0.2, -0.15) is 0 Å². The van der Waals surface area contributed by atoms with Crippen LogP contribution < -0.4 is 27.4 Å². The highest BCUT2D eigenvalue weighted by molar-refractivity contribution is 5.94. The number of rotatable bonds is 15. The van der Waals surface area contributed by atoms with Crippen molar-refractivity contribution in [3.05, 3.63) is 0 Å². The Kier molecular flexibility index (Phi) is 12.5. The molecule has 0 aliphatic heterocycles. The van der Waals surface area contributed by atoms with E-state index >= 15 is 0 Å². The molecule has 10 N–H and O–H groups in total. The van der Waals surface area contributed by atoms with Gasteiger partial charge in [-0.1, -0.05) is 13.8 Å². The van der Waals surface area contributed by atoms with Crippen molar-refractivity contribution in [3.8, 4) is 0 Å². The average molecular weight is 461 g/mol. The molecule has 32 heavy (non-hydrogen) atoms. The summed E-state index contributed by atoms with van der Waals surface area (Å²) in [4.78, 5) is 70.4. The first-order chi connectivity index (χ1) is 14.8. The molecule has 0 bridgehead atoms. The van der Waals surface area contributed by atoms with Crippen molar-refractivity contribution in [2.45, 2.75) is 63.7 Å². The summed E-state index contributed by atoms with van der Waals surface area (Å²) in [7, 11) is 0. The molecular formula is C18H31N5O9. The Hall–Kier alpha value is -3.26. The number of nitrogens with one attached hydrogen (secondary N) is 3. The maximum absolute atomic E-state index is 12.7. The number of aliphatic hydroxyl groups excluding tert-OH is 1. The minimum atomic E-state index is -1.66. The Labute approximate surface area is 184 Å². The molecule has 4 atom stereocenters. The number of amides is 4. The lowest BCUT2D eigenvalue weighted by atomic mass is 10.0. The smallest absolute Gasteiger partial charge is 0.328 e. The van der Waals surface area contributed by atoms with Crippen LogP contribution in [0.2, 0.25) is 0 Å². The molecule has 0 spiro atoms. The molecule has 0 aromatic carbocycles. The van der Waals surface area contributed by atoms with Crippen molar-refractivity contribution < 1.29 is 44.1 Å². The number of carbonyl (C=O) groups excluding carboxylic acids is 4. The first-order valence-electron chi connectivity index (χ1n) is 9.80. The van der Waals surface area contributed by atoms with E-state index in [4.69, 9.17) is 26.8 Å². The van der Waals surface area contributed by atoms with Gasteiger partial charge < -0.3 is 42.7 Å². The highest BCUT2D eigenvalue weighted by atomic mass is 16.4. The Bertz CT molecular complexity index is 713. The topological polar surface area (TPSA) is 251 Å². The third-order valence-corrected chi connectivity index (χ3v) is 4.41. The van der Waals surface area contributed by atoms with Gasteiger partial charge in [-0.15, -0.1) is 0 Å². The number of aliphatic hydroxyl groups is 1. The zero-order valence-corrected chi connectivity index (χ0v) is 17.9. The Morgan fingerprint density at radius 3 is 1.59 bits per heavy atom. The second kappa shape index (κ2) is 13.9. The third-order valence-electron chi connectivity index (χ3n) is 4.41. The second-order valence-electron chi connectivity index (χ2n) is 7.41. The Morgan fingerprint density at radius 2 is 1.22 bits per heavy atom. The standard InChI is InChI=1S/C18H31N5O9/c1-8(2)14(20)17(30)22-10(4-6-13(26)27)15(28)21-9(3-5-12(19)25)16(29)23-11(7-24)18(31)32/h8-11,14,24H,3-7,20H2,1-2H3,(H2,19,25)(H,21,28)(H,22,30)(H,23,29)(H,26,27)(H,31,32). The highest BCUT2D eigenvalue weighted by Gasteiger charge is 2.31. The van der Waals surface area contributed by atoms with Gasteiger partial charge in [-0.3, -0.25) is 24.0 Å². The van der Waals surface area contributed by atoms with E-state index in [1.807, 2.05) is 5.32 Å². The first kappa shape index (κ1) is 28.7. The van der Waals surface area contributed by atoms with E-state index in [1.54, 1.807) is 13.8 Å². The maximum atomic E-state index is 12.7. The molecule has 0 aliphatic rings. The molecule has 0 saturated carbocycles. The minimum Gasteiger partial charge on any atom is -0.481 e. The lowest BCUT2D eigenvalue weighted by Crippen LogP contribution is -2.58. The molecule has 0 radical (unpaired) electrons. The van der Waals surface area contributed by atoms with Gasteiger partial charge in [0.1, 0.15) is 18.1 Å². The van der Waals surface area contributed by atoms with Crippen molar-refractivity contribution in [2.75, 3.05) is 6.61 Å². The third kappa shape index (κ3) is 10.7. The van der Waals surface area contributed by atoms with Crippen LogP contribution in [-0.2, 0) is 28.8 Å². The summed E-state index contributed by atoms with van der Waals surface area (Å²) in [6.45, 7) is 2.41. The van der Waals surface area contributed by atoms with E-state index in [1.165, 1.54) is 0 Å². The van der Waals surface area contributed by atoms with Gasteiger partial charge in [-0.05, 0) is 18.8 Å². The number of carbonyl (C=O) groups is 6. The van der Waals surface area contributed by atoms with Crippen LogP contribution >= 0.6 is 0 Å². The zero-order valence-electron chi connectivity index (χ0n) is 17.9. The van der Waals surface area contributed by atoms with Crippen molar-refractivity contribution in [2.24, 2.45) is 17.4 Å². The predicted octanol–water partition coefficient (Wildman–Crippen LogP) is -3.37. The largest absolute Gasteiger partial charge is 0.481 e. The van der Waals surface area contributed by atoms with Crippen LogP contribution in [0.1, 0.15) is 39.5 Å². The van der Waals surface area contributed by atoms with Crippen LogP contribution in [0, 0.1) is 5.92 Å². The predicted molar refractivity (Wildman–Crippen MR) is 109 cm³/mol. The van der Waals surface area contributed by atoms with Crippen LogP contribution in [0.15, 0.2) is 0 Å². The number of primary amides is 1.